The molecule has 4 rings (SSSR count). The summed E-state index contributed by atoms with van der Waals surface area (Å²) in [4.78, 5) is 19.1. The van der Waals surface area contributed by atoms with Crippen LogP contribution in [0.1, 0.15) is 49.8 Å². The molecule has 0 radical (unpaired) electrons. The summed E-state index contributed by atoms with van der Waals surface area (Å²) in [6.45, 7) is 6.53. The quantitative estimate of drug-likeness (QED) is 0.266. The molecule has 4 N–H and O–H groups in total. The number of nitrogens with zero attached hydrogens (tertiary/aromatic N) is 3. The van der Waals surface area contributed by atoms with E-state index in [2.05, 4.69) is 12.2 Å². The summed E-state index contributed by atoms with van der Waals surface area (Å²) in [5, 5.41) is 31.8. The molecule has 1 aromatic heterocycles. The van der Waals surface area contributed by atoms with Gasteiger partial charge in [0.15, 0.2) is 0 Å². The summed E-state index contributed by atoms with van der Waals surface area (Å²) in [5.41, 5.74) is 4.25. The van der Waals surface area contributed by atoms with Gasteiger partial charge in [-0.2, -0.15) is 0 Å². The van der Waals surface area contributed by atoms with Gasteiger partial charge >= 0.3 is 6.03 Å². The number of halogens is 1. The number of aromatic nitrogens is 2. The fraction of sp³-hybridized carbons (Fsp3) is 0.393. The number of imidazole rings is 1. The molecule has 0 saturated carbocycles. The molecule has 8 nitrogen and oxygen atoms in total. The lowest BCUT2D eigenvalue weighted by molar-refractivity contribution is 0.143. The van der Waals surface area contributed by atoms with Crippen molar-refractivity contribution in [3.8, 4) is 11.3 Å². The minimum absolute atomic E-state index is 0.000156. The van der Waals surface area contributed by atoms with Gasteiger partial charge in [-0.1, -0.05) is 68.8 Å². The van der Waals surface area contributed by atoms with Crippen molar-refractivity contribution in [3.05, 3.63) is 76.2 Å². The van der Waals surface area contributed by atoms with Crippen molar-refractivity contribution in [2.75, 3.05) is 13.2 Å². The number of aliphatic hydroxyl groups excluding tert-OH is 2. The molecule has 0 saturated heterocycles. The molecule has 9 heteroatoms. The van der Waals surface area contributed by atoms with Crippen molar-refractivity contribution in [1.29, 1.82) is 5.41 Å². The van der Waals surface area contributed by atoms with Crippen LogP contribution in [0.2, 0.25) is 5.02 Å². The van der Waals surface area contributed by atoms with Gasteiger partial charge in [0.05, 0.1) is 31.5 Å². The van der Waals surface area contributed by atoms with Gasteiger partial charge in [0.2, 0.25) is 0 Å². The van der Waals surface area contributed by atoms with E-state index < -0.39 is 12.1 Å². The van der Waals surface area contributed by atoms with Crippen molar-refractivity contribution in [3.63, 3.8) is 0 Å². The zero-order valence-corrected chi connectivity index (χ0v) is 22.4. The molecule has 3 aromatic rings. The van der Waals surface area contributed by atoms with Crippen LogP contribution in [0.15, 0.2) is 48.5 Å². The zero-order chi connectivity index (χ0) is 26.9. The Labute approximate surface area is 223 Å². The maximum absolute atomic E-state index is 13.1. The molecular weight excluding hydrogens is 490 g/mol. The molecule has 0 fully saturated rings. The van der Waals surface area contributed by atoms with Gasteiger partial charge in [-0.15, -0.1) is 0 Å². The highest BCUT2D eigenvalue weighted by molar-refractivity contribution is 6.30. The third-order valence-electron chi connectivity index (χ3n) is 6.24. The summed E-state index contributed by atoms with van der Waals surface area (Å²) in [7, 11) is 0. The van der Waals surface area contributed by atoms with Crippen LogP contribution >= 0.6 is 11.6 Å². The van der Waals surface area contributed by atoms with Gasteiger partial charge in [0, 0.05) is 34.8 Å². The van der Waals surface area contributed by atoms with Crippen LogP contribution in [0, 0.1) is 5.41 Å². The standard InChI is InChI=1S/C26H30ClN5O3.C2H6/c1-2-17-6-8-18(9-7-17)25(28)32(12-13-33)26(35)29-16-23-30-24(19-4-3-5-20(27)14-19)22-15-21(34)10-11-31(22)23;1-2/h3-9,14,21,28,33-34H,2,10-13,15-16H2,1H3,(H,29,35);1-2H3. The number of hydrogen-bond acceptors (Lipinski definition) is 5. The van der Waals surface area contributed by atoms with Crippen molar-refractivity contribution in [1.82, 2.24) is 19.8 Å². The highest BCUT2D eigenvalue weighted by Gasteiger charge is 2.26. The van der Waals surface area contributed by atoms with E-state index in [0.717, 1.165) is 28.9 Å². The van der Waals surface area contributed by atoms with Crippen LogP contribution in [-0.4, -0.2) is 55.8 Å². The van der Waals surface area contributed by atoms with E-state index in [0.29, 0.717) is 35.8 Å². The number of benzene rings is 2. The van der Waals surface area contributed by atoms with Crippen LogP contribution < -0.4 is 5.32 Å². The molecule has 0 bridgehead atoms. The SMILES string of the molecule is CC.CCc1ccc(C(=N)N(CCO)C(=O)NCc2nc(-c3cccc(Cl)c3)c3n2CCC(O)C3)cc1. The smallest absolute Gasteiger partial charge is 0.323 e. The van der Waals surface area contributed by atoms with E-state index in [1.165, 1.54) is 4.90 Å². The minimum atomic E-state index is -0.485. The Kier molecular flexibility index (Phi) is 10.3. The van der Waals surface area contributed by atoms with Crippen molar-refractivity contribution in [2.24, 2.45) is 0 Å². The number of fused-ring (bicyclic) bond motifs is 1. The molecule has 2 amide bonds. The summed E-state index contributed by atoms with van der Waals surface area (Å²) in [6.07, 6.45) is 1.52. The van der Waals surface area contributed by atoms with E-state index in [1.54, 1.807) is 6.07 Å². The Hall–Kier alpha value is -3.20. The van der Waals surface area contributed by atoms with Crippen LogP contribution in [0.3, 0.4) is 0 Å². The van der Waals surface area contributed by atoms with Gasteiger partial charge in [-0.25, -0.2) is 9.78 Å². The highest BCUT2D eigenvalue weighted by Crippen LogP contribution is 2.30. The Morgan fingerprint density at radius 2 is 1.97 bits per heavy atom. The first-order valence-corrected chi connectivity index (χ1v) is 13.2. The van der Waals surface area contributed by atoms with Gasteiger partial charge in [-0.05, 0) is 30.5 Å². The Balaban J connectivity index is 0.00000186. The van der Waals surface area contributed by atoms with Gasteiger partial charge < -0.3 is 20.1 Å². The number of carbonyl (C=O) groups excluding carboxylic acids is 1. The largest absolute Gasteiger partial charge is 0.395 e. The lowest BCUT2D eigenvalue weighted by atomic mass is 10.0. The van der Waals surface area contributed by atoms with Crippen LogP contribution in [0.5, 0.6) is 0 Å². The van der Waals surface area contributed by atoms with Crippen molar-refractivity contribution >= 4 is 23.5 Å². The number of aryl methyl sites for hydroxylation is 1. The average molecular weight is 526 g/mol. The predicted molar refractivity (Wildman–Crippen MR) is 147 cm³/mol. The first kappa shape index (κ1) is 28.4. The second kappa shape index (κ2) is 13.4. The minimum Gasteiger partial charge on any atom is -0.395 e. The van der Waals surface area contributed by atoms with Crippen LogP contribution in [0.25, 0.3) is 11.3 Å². The molecule has 198 valence electrons. The Morgan fingerprint density at radius 3 is 2.62 bits per heavy atom. The molecule has 1 unspecified atom stereocenters. The molecule has 0 aliphatic carbocycles. The fourth-order valence-corrected chi connectivity index (χ4v) is 4.52. The summed E-state index contributed by atoms with van der Waals surface area (Å²) in [6, 6.07) is 14.4. The first-order valence-electron chi connectivity index (χ1n) is 12.8. The molecule has 1 aliphatic heterocycles. The predicted octanol–water partition coefficient (Wildman–Crippen LogP) is 4.63. The van der Waals surface area contributed by atoms with E-state index in [4.69, 9.17) is 22.0 Å². The molecule has 2 heterocycles. The second-order valence-corrected chi connectivity index (χ2v) is 9.00. The maximum atomic E-state index is 13.1. The second-order valence-electron chi connectivity index (χ2n) is 8.56. The van der Waals surface area contributed by atoms with Crippen molar-refractivity contribution in [2.45, 2.75) is 59.2 Å². The monoisotopic (exact) mass is 525 g/mol. The molecule has 37 heavy (non-hydrogen) atoms. The molecular formula is C28H36ClN5O3. The number of carbonyl (C=O) groups is 1. The number of aliphatic hydroxyl groups is 2. The van der Waals surface area contributed by atoms with E-state index in [-0.39, 0.29) is 25.5 Å². The average Bonchev–Trinajstić information content (AvgIpc) is 3.28. The fourth-order valence-electron chi connectivity index (χ4n) is 4.33. The number of amidine groups is 1. The number of hydrogen-bond donors (Lipinski definition) is 4. The number of amides is 2. The molecule has 2 aromatic carbocycles. The maximum Gasteiger partial charge on any atom is 0.323 e. The summed E-state index contributed by atoms with van der Waals surface area (Å²) in [5.74, 6) is 0.685. The van der Waals surface area contributed by atoms with E-state index >= 15 is 0 Å². The van der Waals surface area contributed by atoms with E-state index in [9.17, 15) is 15.0 Å². The third-order valence-corrected chi connectivity index (χ3v) is 6.47. The summed E-state index contributed by atoms with van der Waals surface area (Å²) < 4.78 is 2.04. The highest BCUT2D eigenvalue weighted by atomic mass is 35.5. The first-order chi connectivity index (χ1) is 17.9. The number of nitrogens with one attached hydrogen (secondary N) is 2. The van der Waals surface area contributed by atoms with E-state index in [1.807, 2.05) is 60.9 Å². The Morgan fingerprint density at radius 1 is 1.24 bits per heavy atom. The zero-order valence-electron chi connectivity index (χ0n) is 21.7. The molecule has 0 spiro atoms. The normalized spacial score (nSPS) is 14.3. The Bertz CT molecular complexity index is 1210. The van der Waals surface area contributed by atoms with Crippen LogP contribution in [-0.2, 0) is 25.9 Å². The lowest BCUT2D eigenvalue weighted by Gasteiger charge is -2.24. The molecule has 1 aliphatic rings. The lowest BCUT2D eigenvalue weighted by Crippen LogP contribution is -2.45. The van der Waals surface area contributed by atoms with Gasteiger partial charge in [0.1, 0.15) is 11.7 Å². The van der Waals surface area contributed by atoms with Gasteiger partial charge in [0.25, 0.3) is 0 Å². The topological polar surface area (TPSA) is 114 Å². The third kappa shape index (κ3) is 6.77. The van der Waals surface area contributed by atoms with Crippen LogP contribution in [0.4, 0.5) is 4.79 Å². The summed E-state index contributed by atoms with van der Waals surface area (Å²) >= 11 is 6.19. The van der Waals surface area contributed by atoms with Gasteiger partial charge in [-0.3, -0.25) is 10.3 Å². The number of urea groups is 1. The molecule has 1 atom stereocenters. The number of rotatable bonds is 7. The van der Waals surface area contributed by atoms with Crippen molar-refractivity contribution < 1.29 is 15.0 Å².